The maximum Gasteiger partial charge on any atom is 0.433 e. The number of carbonyl (C=O) groups excluding carboxylic acids is 1. The maximum atomic E-state index is 11.7. The van der Waals surface area contributed by atoms with Crippen LogP contribution < -0.4 is 5.32 Å². The van der Waals surface area contributed by atoms with Gasteiger partial charge in [-0.05, 0) is 17.7 Å². The Bertz CT molecular complexity index is 619. The zero-order chi connectivity index (χ0) is 14.5. The zero-order valence-electron chi connectivity index (χ0n) is 10.6. The van der Waals surface area contributed by atoms with Gasteiger partial charge in [-0.1, -0.05) is 18.4 Å². The van der Waals surface area contributed by atoms with Crippen molar-refractivity contribution in [3.8, 4) is 0 Å². The van der Waals surface area contributed by atoms with Crippen molar-refractivity contribution in [2.75, 3.05) is 5.32 Å². The standard InChI is InChI=1S/C10H12N6O4/c1-2-3-6-15-13-10(12-14-15)11-9(17)7-4-5-8(20-7)16(18)19/h4-5H,2-3,6H2,1H3,(H,11,13,17). The first-order chi connectivity index (χ1) is 9.60. The third-order valence-electron chi connectivity index (χ3n) is 2.39. The highest BCUT2D eigenvalue weighted by Crippen LogP contribution is 2.16. The van der Waals surface area contributed by atoms with Crippen LogP contribution in [0.15, 0.2) is 16.5 Å². The van der Waals surface area contributed by atoms with Crippen LogP contribution in [0.5, 0.6) is 0 Å². The number of hydrogen-bond acceptors (Lipinski definition) is 7. The minimum Gasteiger partial charge on any atom is -0.395 e. The van der Waals surface area contributed by atoms with Crippen LogP contribution >= 0.6 is 0 Å². The molecule has 10 nitrogen and oxygen atoms in total. The summed E-state index contributed by atoms with van der Waals surface area (Å²) in [6.07, 6.45) is 1.88. The summed E-state index contributed by atoms with van der Waals surface area (Å²) in [5, 5.41) is 24.1. The number of hydrogen-bond donors (Lipinski definition) is 1. The minimum atomic E-state index is -0.726. The molecule has 0 spiro atoms. The van der Waals surface area contributed by atoms with Crippen molar-refractivity contribution in [2.45, 2.75) is 26.3 Å². The lowest BCUT2D eigenvalue weighted by atomic mass is 10.3. The molecule has 0 aliphatic carbocycles. The molecule has 0 aliphatic heterocycles. The lowest BCUT2D eigenvalue weighted by molar-refractivity contribution is -0.402. The van der Waals surface area contributed by atoms with E-state index in [2.05, 4.69) is 20.7 Å². The largest absolute Gasteiger partial charge is 0.433 e. The molecule has 20 heavy (non-hydrogen) atoms. The van der Waals surface area contributed by atoms with E-state index in [1.807, 2.05) is 6.92 Å². The first kappa shape index (κ1) is 13.6. The highest BCUT2D eigenvalue weighted by atomic mass is 16.6. The van der Waals surface area contributed by atoms with Crippen LogP contribution in [-0.2, 0) is 6.54 Å². The fourth-order valence-electron chi connectivity index (χ4n) is 1.40. The summed E-state index contributed by atoms with van der Waals surface area (Å²) >= 11 is 0. The smallest absolute Gasteiger partial charge is 0.395 e. The van der Waals surface area contributed by atoms with Crippen LogP contribution in [0.1, 0.15) is 30.3 Å². The monoisotopic (exact) mass is 280 g/mol. The number of nitro groups is 1. The average Bonchev–Trinajstić information content (AvgIpc) is 3.05. The summed E-state index contributed by atoms with van der Waals surface area (Å²) in [7, 11) is 0. The second-order valence-corrected chi connectivity index (χ2v) is 3.91. The molecule has 1 amide bonds. The van der Waals surface area contributed by atoms with Crippen molar-refractivity contribution in [2.24, 2.45) is 0 Å². The molecule has 0 bridgehead atoms. The molecule has 2 aromatic rings. The Kier molecular flexibility index (Phi) is 4.03. The van der Waals surface area contributed by atoms with Crippen molar-refractivity contribution in [1.82, 2.24) is 20.2 Å². The molecule has 0 fully saturated rings. The number of amides is 1. The number of aryl methyl sites for hydroxylation is 1. The summed E-state index contributed by atoms with van der Waals surface area (Å²) in [4.78, 5) is 22.8. The van der Waals surface area contributed by atoms with Crippen LogP contribution in [0.3, 0.4) is 0 Å². The van der Waals surface area contributed by atoms with Gasteiger partial charge in [-0.3, -0.25) is 20.2 Å². The second kappa shape index (κ2) is 5.91. The fourth-order valence-corrected chi connectivity index (χ4v) is 1.40. The van der Waals surface area contributed by atoms with Gasteiger partial charge in [0.25, 0.3) is 11.9 Å². The molecule has 106 valence electrons. The highest BCUT2D eigenvalue weighted by molar-refractivity contribution is 6.01. The number of rotatable bonds is 6. The van der Waals surface area contributed by atoms with Gasteiger partial charge in [0.05, 0.1) is 12.6 Å². The summed E-state index contributed by atoms with van der Waals surface area (Å²) in [5.74, 6) is -1.35. The number of unbranched alkanes of at least 4 members (excludes halogenated alkanes) is 1. The van der Waals surface area contributed by atoms with Crippen molar-refractivity contribution >= 4 is 17.7 Å². The molecule has 2 aromatic heterocycles. The maximum absolute atomic E-state index is 11.7. The third kappa shape index (κ3) is 3.16. The van der Waals surface area contributed by atoms with Gasteiger partial charge in [0.2, 0.25) is 0 Å². The molecule has 0 saturated heterocycles. The van der Waals surface area contributed by atoms with E-state index in [0.717, 1.165) is 18.9 Å². The number of tetrazole rings is 1. The van der Waals surface area contributed by atoms with Gasteiger partial charge in [-0.15, -0.1) is 5.10 Å². The predicted octanol–water partition coefficient (Wildman–Crippen LogP) is 1.23. The normalized spacial score (nSPS) is 10.4. The van der Waals surface area contributed by atoms with E-state index in [1.54, 1.807) is 0 Å². The summed E-state index contributed by atoms with van der Waals surface area (Å²) in [5.41, 5.74) is 0. The van der Waals surface area contributed by atoms with E-state index in [-0.39, 0.29) is 11.7 Å². The second-order valence-electron chi connectivity index (χ2n) is 3.91. The lowest BCUT2D eigenvalue weighted by Crippen LogP contribution is -2.12. The van der Waals surface area contributed by atoms with Crippen LogP contribution in [-0.4, -0.2) is 31.0 Å². The molecule has 10 heteroatoms. The van der Waals surface area contributed by atoms with Crippen molar-refractivity contribution in [3.05, 3.63) is 28.0 Å². The van der Waals surface area contributed by atoms with E-state index < -0.39 is 16.7 Å². The summed E-state index contributed by atoms with van der Waals surface area (Å²) in [6.45, 7) is 2.63. The molecule has 0 saturated carbocycles. The van der Waals surface area contributed by atoms with E-state index in [4.69, 9.17) is 4.42 Å². The summed E-state index contributed by atoms with van der Waals surface area (Å²) < 4.78 is 4.76. The molecule has 0 radical (unpaired) electrons. The predicted molar refractivity (Wildman–Crippen MR) is 66.0 cm³/mol. The fraction of sp³-hybridized carbons (Fsp3) is 0.400. The number of furan rings is 1. The van der Waals surface area contributed by atoms with E-state index in [1.165, 1.54) is 10.9 Å². The van der Waals surface area contributed by atoms with Crippen LogP contribution in [0.2, 0.25) is 0 Å². The lowest BCUT2D eigenvalue weighted by Gasteiger charge is -1.96. The molecule has 0 unspecified atom stereocenters. The third-order valence-corrected chi connectivity index (χ3v) is 2.39. The average molecular weight is 280 g/mol. The number of carbonyl (C=O) groups is 1. The first-order valence-electron chi connectivity index (χ1n) is 5.93. The molecule has 0 atom stereocenters. The SMILES string of the molecule is CCCCn1nnc(NC(=O)c2ccc([N+](=O)[O-])o2)n1. The van der Waals surface area contributed by atoms with E-state index >= 15 is 0 Å². The van der Waals surface area contributed by atoms with Gasteiger partial charge >= 0.3 is 5.88 Å². The number of aromatic nitrogens is 4. The Morgan fingerprint density at radius 1 is 1.55 bits per heavy atom. The molecule has 0 aliphatic rings. The van der Waals surface area contributed by atoms with Crippen LogP contribution in [0.4, 0.5) is 11.8 Å². The Morgan fingerprint density at radius 3 is 3.00 bits per heavy atom. The van der Waals surface area contributed by atoms with Crippen LogP contribution in [0, 0.1) is 10.1 Å². The Morgan fingerprint density at radius 2 is 2.35 bits per heavy atom. The quantitative estimate of drug-likeness (QED) is 0.622. The van der Waals surface area contributed by atoms with Crippen molar-refractivity contribution in [3.63, 3.8) is 0 Å². The summed E-state index contributed by atoms with van der Waals surface area (Å²) in [6, 6.07) is 2.30. The molecule has 0 aromatic carbocycles. The molecule has 1 N–H and O–H groups in total. The Hall–Kier alpha value is -2.78. The Balaban J connectivity index is 1.99. The van der Waals surface area contributed by atoms with Gasteiger partial charge in [0.15, 0.2) is 5.76 Å². The first-order valence-corrected chi connectivity index (χ1v) is 5.93. The van der Waals surface area contributed by atoms with Gasteiger partial charge in [-0.2, -0.15) is 4.80 Å². The van der Waals surface area contributed by atoms with Gasteiger partial charge in [-0.25, -0.2) is 0 Å². The van der Waals surface area contributed by atoms with Gasteiger partial charge < -0.3 is 4.42 Å². The molecule has 2 rings (SSSR count). The number of nitrogens with one attached hydrogen (secondary N) is 1. The molecule has 2 heterocycles. The van der Waals surface area contributed by atoms with Gasteiger partial charge in [0, 0.05) is 0 Å². The Labute approximate surface area is 112 Å². The number of nitrogens with zero attached hydrogens (tertiary/aromatic N) is 5. The van der Waals surface area contributed by atoms with Crippen molar-refractivity contribution in [1.29, 1.82) is 0 Å². The minimum absolute atomic E-state index is 0.0187. The number of anilines is 1. The van der Waals surface area contributed by atoms with Crippen LogP contribution in [0.25, 0.3) is 0 Å². The molecular formula is C10H12N6O4. The zero-order valence-corrected chi connectivity index (χ0v) is 10.6. The van der Waals surface area contributed by atoms with E-state index in [9.17, 15) is 14.9 Å². The molecular weight excluding hydrogens is 268 g/mol. The van der Waals surface area contributed by atoms with Crippen molar-refractivity contribution < 1.29 is 14.1 Å². The highest BCUT2D eigenvalue weighted by Gasteiger charge is 2.18. The topological polar surface area (TPSA) is 129 Å². The van der Waals surface area contributed by atoms with Gasteiger partial charge in [0.1, 0.15) is 4.92 Å². The van der Waals surface area contributed by atoms with E-state index in [0.29, 0.717) is 6.54 Å².